The van der Waals surface area contributed by atoms with Gasteiger partial charge in [0.05, 0.1) is 17.2 Å². The van der Waals surface area contributed by atoms with E-state index in [0.717, 1.165) is 11.1 Å². The van der Waals surface area contributed by atoms with Crippen molar-refractivity contribution in [3.8, 4) is 5.75 Å². The molecule has 0 spiro atoms. The van der Waals surface area contributed by atoms with E-state index in [2.05, 4.69) is 0 Å². The number of aromatic hydroxyl groups is 1. The number of aliphatic hydroxyl groups is 1. The van der Waals surface area contributed by atoms with E-state index in [9.17, 15) is 19.8 Å². The summed E-state index contributed by atoms with van der Waals surface area (Å²) in [5.74, 6) is -1.99. The van der Waals surface area contributed by atoms with E-state index in [1.54, 1.807) is 30.3 Å². The Kier molecular flexibility index (Phi) is 6.19. The van der Waals surface area contributed by atoms with Crippen LogP contribution in [0.2, 0.25) is 5.02 Å². The highest BCUT2D eigenvalue weighted by Gasteiger charge is 2.46. The highest BCUT2D eigenvalue weighted by Crippen LogP contribution is 2.41. The van der Waals surface area contributed by atoms with E-state index in [1.807, 2.05) is 32.8 Å². The van der Waals surface area contributed by atoms with Gasteiger partial charge in [0, 0.05) is 18.1 Å². The third kappa shape index (κ3) is 4.06. The van der Waals surface area contributed by atoms with Crippen LogP contribution in [0.15, 0.2) is 42.0 Å². The van der Waals surface area contributed by atoms with Gasteiger partial charge < -0.3 is 20.0 Å². The summed E-state index contributed by atoms with van der Waals surface area (Å²) < 4.78 is 0. The summed E-state index contributed by atoms with van der Waals surface area (Å²) >= 11 is 6.01. The third-order valence-electron chi connectivity index (χ3n) is 5.38. The first-order chi connectivity index (χ1) is 14.1. The first-order valence-electron chi connectivity index (χ1n) is 9.61. The molecule has 1 fully saturated rings. The van der Waals surface area contributed by atoms with Crippen molar-refractivity contribution in [2.45, 2.75) is 19.9 Å². The molecule has 1 amide bonds. The normalized spacial score (nSPS) is 18.5. The molecular weight excluding hydrogens is 404 g/mol. The van der Waals surface area contributed by atoms with Crippen LogP contribution in [0.4, 0.5) is 0 Å². The van der Waals surface area contributed by atoms with Crippen LogP contribution in [0.25, 0.3) is 5.76 Å². The lowest BCUT2D eigenvalue weighted by atomic mass is 9.94. The minimum absolute atomic E-state index is 0.0420. The monoisotopic (exact) mass is 428 g/mol. The summed E-state index contributed by atoms with van der Waals surface area (Å²) in [6.45, 7) is 4.54. The largest absolute Gasteiger partial charge is 0.507 e. The molecule has 2 N–H and O–H groups in total. The maximum atomic E-state index is 13.0. The molecule has 1 atom stereocenters. The zero-order valence-corrected chi connectivity index (χ0v) is 18.2. The molecule has 3 rings (SSSR count). The second kappa shape index (κ2) is 8.50. The van der Waals surface area contributed by atoms with Crippen LogP contribution in [-0.4, -0.2) is 58.9 Å². The number of nitrogens with zero attached hydrogens (tertiary/aromatic N) is 2. The van der Waals surface area contributed by atoms with Crippen molar-refractivity contribution in [3.05, 3.63) is 69.2 Å². The Bertz CT molecular complexity index is 1030. The number of halogens is 1. The van der Waals surface area contributed by atoms with E-state index in [1.165, 1.54) is 11.0 Å². The lowest BCUT2D eigenvalue weighted by Gasteiger charge is -2.26. The summed E-state index contributed by atoms with van der Waals surface area (Å²) in [6, 6.07) is 9.19. The number of phenolic OH excluding ortho intramolecular Hbond substituents is 1. The van der Waals surface area contributed by atoms with E-state index in [-0.39, 0.29) is 22.6 Å². The molecule has 0 saturated carbocycles. The van der Waals surface area contributed by atoms with Crippen LogP contribution in [0, 0.1) is 13.8 Å². The number of aryl methyl sites for hydroxylation is 2. The lowest BCUT2D eigenvalue weighted by Crippen LogP contribution is -2.35. The number of Topliss-reactive ketones (excluding diaryl/α,β-unsaturated/α-hetero) is 1. The fourth-order valence-corrected chi connectivity index (χ4v) is 3.67. The predicted molar refractivity (Wildman–Crippen MR) is 117 cm³/mol. The van der Waals surface area contributed by atoms with Crippen molar-refractivity contribution in [1.29, 1.82) is 0 Å². The van der Waals surface area contributed by atoms with Crippen LogP contribution in [-0.2, 0) is 9.59 Å². The molecule has 30 heavy (non-hydrogen) atoms. The fourth-order valence-electron chi connectivity index (χ4n) is 3.55. The number of likely N-dealkylation sites (tertiary alicyclic amines) is 1. The van der Waals surface area contributed by atoms with Gasteiger partial charge in [0.15, 0.2) is 0 Å². The van der Waals surface area contributed by atoms with Crippen molar-refractivity contribution in [2.75, 3.05) is 27.2 Å². The molecule has 1 heterocycles. The van der Waals surface area contributed by atoms with E-state index in [0.29, 0.717) is 23.7 Å². The second-order valence-electron chi connectivity index (χ2n) is 7.80. The summed E-state index contributed by atoms with van der Waals surface area (Å²) in [4.78, 5) is 29.2. The Labute approximate surface area is 181 Å². The van der Waals surface area contributed by atoms with E-state index in [4.69, 9.17) is 11.6 Å². The molecule has 6 nitrogen and oxygen atoms in total. The Morgan fingerprint density at radius 2 is 1.70 bits per heavy atom. The number of amides is 1. The number of phenols is 1. The molecule has 0 aliphatic carbocycles. The third-order valence-corrected chi connectivity index (χ3v) is 5.63. The second-order valence-corrected chi connectivity index (χ2v) is 8.24. The zero-order chi connectivity index (χ0) is 22.2. The average molecular weight is 429 g/mol. The first kappa shape index (κ1) is 21.9. The topological polar surface area (TPSA) is 81.1 Å². The lowest BCUT2D eigenvalue weighted by molar-refractivity contribution is -0.140. The molecule has 1 unspecified atom stereocenters. The summed E-state index contributed by atoms with van der Waals surface area (Å²) in [6.07, 6.45) is 0. The minimum atomic E-state index is -0.775. The standard InChI is InChI=1S/C23H25ClN2O4/c1-13-11-17(18(27)12-14(13)2)21(28)19-20(15-5-7-16(24)8-6-15)26(10-9-25(3)4)23(30)22(19)29/h5-8,11-12,20,27-28H,9-10H2,1-4H3. The van der Waals surface area contributed by atoms with Crippen LogP contribution in [0.5, 0.6) is 5.75 Å². The highest BCUT2D eigenvalue weighted by atomic mass is 35.5. The highest BCUT2D eigenvalue weighted by molar-refractivity contribution is 6.46. The fraction of sp³-hybridized carbons (Fsp3) is 0.304. The number of hydrogen-bond donors (Lipinski definition) is 2. The quantitative estimate of drug-likeness (QED) is 0.431. The van der Waals surface area contributed by atoms with Crippen molar-refractivity contribution >= 4 is 29.1 Å². The molecule has 2 aromatic carbocycles. The number of hydrogen-bond acceptors (Lipinski definition) is 5. The van der Waals surface area contributed by atoms with Crippen LogP contribution in [0.1, 0.15) is 28.3 Å². The van der Waals surface area contributed by atoms with Gasteiger partial charge in [-0.2, -0.15) is 0 Å². The molecule has 1 saturated heterocycles. The first-order valence-corrected chi connectivity index (χ1v) is 9.98. The number of carbonyl (C=O) groups is 2. The predicted octanol–water partition coefficient (Wildman–Crippen LogP) is 3.65. The van der Waals surface area contributed by atoms with Crippen LogP contribution >= 0.6 is 11.6 Å². The minimum Gasteiger partial charge on any atom is -0.507 e. The van der Waals surface area contributed by atoms with Gasteiger partial charge in [-0.1, -0.05) is 23.7 Å². The molecule has 0 aromatic heterocycles. The summed E-state index contributed by atoms with van der Waals surface area (Å²) in [5.41, 5.74) is 2.44. The number of benzene rings is 2. The number of likely N-dealkylation sites (N-methyl/N-ethyl adjacent to an activating group) is 1. The summed E-state index contributed by atoms with van der Waals surface area (Å²) in [5, 5.41) is 22.0. The van der Waals surface area contributed by atoms with E-state index >= 15 is 0 Å². The molecule has 1 aliphatic rings. The van der Waals surface area contributed by atoms with Gasteiger partial charge in [0.25, 0.3) is 11.7 Å². The van der Waals surface area contributed by atoms with Gasteiger partial charge >= 0.3 is 0 Å². The molecule has 158 valence electrons. The van der Waals surface area contributed by atoms with Gasteiger partial charge in [-0.15, -0.1) is 0 Å². The molecule has 1 aliphatic heterocycles. The maximum absolute atomic E-state index is 13.0. The van der Waals surface area contributed by atoms with Gasteiger partial charge in [0.1, 0.15) is 11.5 Å². The van der Waals surface area contributed by atoms with Crippen molar-refractivity contribution < 1.29 is 19.8 Å². The number of rotatable bonds is 5. The summed E-state index contributed by atoms with van der Waals surface area (Å²) in [7, 11) is 3.75. The smallest absolute Gasteiger partial charge is 0.295 e. The Morgan fingerprint density at radius 1 is 1.10 bits per heavy atom. The van der Waals surface area contributed by atoms with Crippen molar-refractivity contribution in [3.63, 3.8) is 0 Å². The van der Waals surface area contributed by atoms with Crippen molar-refractivity contribution in [2.24, 2.45) is 0 Å². The zero-order valence-electron chi connectivity index (χ0n) is 17.4. The molecular formula is C23H25ClN2O4. The Morgan fingerprint density at radius 3 is 2.30 bits per heavy atom. The van der Waals surface area contributed by atoms with Crippen LogP contribution in [0.3, 0.4) is 0 Å². The molecule has 0 bridgehead atoms. The molecule has 0 radical (unpaired) electrons. The van der Waals surface area contributed by atoms with Crippen LogP contribution < -0.4 is 0 Å². The Hall–Kier alpha value is -2.83. The van der Waals surface area contributed by atoms with E-state index < -0.39 is 17.7 Å². The van der Waals surface area contributed by atoms with Gasteiger partial charge in [-0.3, -0.25) is 9.59 Å². The SMILES string of the molecule is Cc1cc(O)c(C(O)=C2C(=O)C(=O)N(CCN(C)C)C2c2ccc(Cl)cc2)cc1C. The number of carbonyl (C=O) groups excluding carboxylic acids is 2. The van der Waals surface area contributed by atoms with Gasteiger partial charge in [-0.05, 0) is 68.9 Å². The molecule has 2 aromatic rings. The molecule has 7 heteroatoms. The average Bonchev–Trinajstić information content (AvgIpc) is 2.94. The van der Waals surface area contributed by atoms with Gasteiger partial charge in [-0.25, -0.2) is 0 Å². The van der Waals surface area contributed by atoms with Gasteiger partial charge in [0.2, 0.25) is 0 Å². The number of ketones is 1. The van der Waals surface area contributed by atoms with Crippen molar-refractivity contribution in [1.82, 2.24) is 9.80 Å². The Balaban J connectivity index is 2.20. The number of aliphatic hydroxyl groups excluding tert-OH is 1. The maximum Gasteiger partial charge on any atom is 0.295 e.